The molecule has 0 saturated heterocycles. The molecular formula is C15H34N2O2. The Kier molecular flexibility index (Phi) is 14.1. The Bertz CT molecular complexity index is 176. The van der Waals surface area contributed by atoms with Gasteiger partial charge in [-0.3, -0.25) is 0 Å². The first kappa shape index (κ1) is 18.8. The topological polar surface area (TPSA) is 33.7 Å². The lowest BCUT2D eigenvalue weighted by Gasteiger charge is -2.19. The Labute approximate surface area is 119 Å². The van der Waals surface area contributed by atoms with Crippen LogP contribution in [0.15, 0.2) is 0 Å². The lowest BCUT2D eigenvalue weighted by Crippen LogP contribution is -2.31. The molecule has 0 aliphatic rings. The summed E-state index contributed by atoms with van der Waals surface area (Å²) in [6.45, 7) is 13.6. The van der Waals surface area contributed by atoms with Gasteiger partial charge in [0.1, 0.15) is 0 Å². The Morgan fingerprint density at radius 3 is 2.42 bits per heavy atom. The predicted molar refractivity (Wildman–Crippen MR) is 81.8 cm³/mol. The number of ether oxygens (including phenoxy) is 2. The van der Waals surface area contributed by atoms with Gasteiger partial charge in [-0.05, 0) is 45.8 Å². The molecule has 0 aliphatic carbocycles. The van der Waals surface area contributed by atoms with Crippen molar-refractivity contribution in [2.24, 2.45) is 0 Å². The van der Waals surface area contributed by atoms with Crippen LogP contribution < -0.4 is 5.32 Å². The van der Waals surface area contributed by atoms with E-state index in [-0.39, 0.29) is 0 Å². The highest BCUT2D eigenvalue weighted by atomic mass is 16.5. The number of hydrogen-bond donors (Lipinski definition) is 1. The predicted octanol–water partition coefficient (Wildman–Crippen LogP) is 2.14. The van der Waals surface area contributed by atoms with Crippen LogP contribution in [0.5, 0.6) is 0 Å². The molecule has 19 heavy (non-hydrogen) atoms. The average molecular weight is 274 g/mol. The van der Waals surface area contributed by atoms with Crippen molar-refractivity contribution in [2.45, 2.75) is 46.1 Å². The summed E-state index contributed by atoms with van der Waals surface area (Å²) >= 11 is 0. The molecule has 0 radical (unpaired) electrons. The normalized spacial score (nSPS) is 13.1. The first-order valence-electron chi connectivity index (χ1n) is 7.76. The third kappa shape index (κ3) is 12.6. The Balaban J connectivity index is 3.27. The standard InChI is InChI=1S/C15H34N2O2/c1-5-17(6-2)11-7-9-15(3)16-10-14-19-13-8-12-18-4/h15-16H,5-14H2,1-4H3. The summed E-state index contributed by atoms with van der Waals surface area (Å²) in [4.78, 5) is 2.48. The summed E-state index contributed by atoms with van der Waals surface area (Å²) in [7, 11) is 1.72. The lowest BCUT2D eigenvalue weighted by molar-refractivity contribution is 0.103. The van der Waals surface area contributed by atoms with E-state index in [1.165, 1.54) is 19.4 Å². The average Bonchev–Trinajstić information content (AvgIpc) is 2.42. The number of hydrogen-bond acceptors (Lipinski definition) is 4. The van der Waals surface area contributed by atoms with Crippen molar-refractivity contribution in [1.29, 1.82) is 0 Å². The first-order valence-corrected chi connectivity index (χ1v) is 7.76. The van der Waals surface area contributed by atoms with Crippen molar-refractivity contribution >= 4 is 0 Å². The highest BCUT2D eigenvalue weighted by molar-refractivity contribution is 4.62. The van der Waals surface area contributed by atoms with Crippen LogP contribution in [0.1, 0.15) is 40.0 Å². The van der Waals surface area contributed by atoms with Gasteiger partial charge in [0.15, 0.2) is 0 Å². The SMILES string of the molecule is CCN(CC)CCCC(C)NCCOCCCOC. The molecule has 4 nitrogen and oxygen atoms in total. The molecule has 0 aliphatic heterocycles. The van der Waals surface area contributed by atoms with Crippen LogP contribution in [0.2, 0.25) is 0 Å². The molecule has 1 N–H and O–H groups in total. The van der Waals surface area contributed by atoms with E-state index in [1.54, 1.807) is 7.11 Å². The number of nitrogens with one attached hydrogen (secondary N) is 1. The number of nitrogens with zero attached hydrogens (tertiary/aromatic N) is 1. The summed E-state index contributed by atoms with van der Waals surface area (Å²) in [5, 5.41) is 3.51. The van der Waals surface area contributed by atoms with E-state index in [1.807, 2.05) is 0 Å². The molecular weight excluding hydrogens is 240 g/mol. The molecule has 1 atom stereocenters. The molecule has 0 fully saturated rings. The Morgan fingerprint density at radius 2 is 1.79 bits per heavy atom. The van der Waals surface area contributed by atoms with Gasteiger partial charge in [-0.1, -0.05) is 13.8 Å². The maximum atomic E-state index is 5.51. The summed E-state index contributed by atoms with van der Waals surface area (Å²) in [6.07, 6.45) is 3.49. The number of methoxy groups -OCH3 is 1. The van der Waals surface area contributed by atoms with E-state index < -0.39 is 0 Å². The third-order valence-corrected chi connectivity index (χ3v) is 3.38. The summed E-state index contributed by atoms with van der Waals surface area (Å²) in [5.74, 6) is 0. The van der Waals surface area contributed by atoms with Gasteiger partial charge < -0.3 is 19.7 Å². The summed E-state index contributed by atoms with van der Waals surface area (Å²) < 4.78 is 10.5. The number of rotatable bonds is 14. The highest BCUT2D eigenvalue weighted by Gasteiger charge is 2.03. The summed E-state index contributed by atoms with van der Waals surface area (Å²) in [5.41, 5.74) is 0. The molecule has 0 heterocycles. The molecule has 1 unspecified atom stereocenters. The van der Waals surface area contributed by atoms with Gasteiger partial charge in [0, 0.05) is 32.9 Å². The van der Waals surface area contributed by atoms with Crippen LogP contribution in [0, 0.1) is 0 Å². The van der Waals surface area contributed by atoms with Crippen LogP contribution in [0.25, 0.3) is 0 Å². The maximum absolute atomic E-state index is 5.51. The van der Waals surface area contributed by atoms with E-state index in [4.69, 9.17) is 9.47 Å². The highest BCUT2D eigenvalue weighted by Crippen LogP contribution is 1.99. The van der Waals surface area contributed by atoms with Crippen LogP contribution in [-0.4, -0.2) is 64.1 Å². The molecule has 0 aromatic rings. The molecule has 0 aromatic carbocycles. The quantitative estimate of drug-likeness (QED) is 0.492. The van der Waals surface area contributed by atoms with Gasteiger partial charge in [-0.25, -0.2) is 0 Å². The van der Waals surface area contributed by atoms with E-state index in [2.05, 4.69) is 31.0 Å². The molecule has 4 heteroatoms. The van der Waals surface area contributed by atoms with Crippen molar-refractivity contribution in [1.82, 2.24) is 10.2 Å². The second-order valence-corrected chi connectivity index (χ2v) is 4.98. The van der Waals surface area contributed by atoms with Gasteiger partial charge in [0.05, 0.1) is 6.61 Å². The lowest BCUT2D eigenvalue weighted by atomic mass is 10.2. The van der Waals surface area contributed by atoms with Crippen molar-refractivity contribution in [3.05, 3.63) is 0 Å². The maximum Gasteiger partial charge on any atom is 0.0591 e. The second kappa shape index (κ2) is 14.3. The molecule has 116 valence electrons. The van der Waals surface area contributed by atoms with Crippen molar-refractivity contribution in [3.8, 4) is 0 Å². The zero-order valence-corrected chi connectivity index (χ0v) is 13.4. The fourth-order valence-corrected chi connectivity index (χ4v) is 2.05. The minimum absolute atomic E-state index is 0.582. The van der Waals surface area contributed by atoms with E-state index in [0.717, 1.165) is 45.9 Å². The Morgan fingerprint density at radius 1 is 1.05 bits per heavy atom. The van der Waals surface area contributed by atoms with E-state index >= 15 is 0 Å². The smallest absolute Gasteiger partial charge is 0.0591 e. The molecule has 0 spiro atoms. The molecule has 0 aromatic heterocycles. The van der Waals surface area contributed by atoms with Crippen LogP contribution in [0.4, 0.5) is 0 Å². The fraction of sp³-hybridized carbons (Fsp3) is 1.00. The Hall–Kier alpha value is -0.160. The van der Waals surface area contributed by atoms with Gasteiger partial charge in [0.2, 0.25) is 0 Å². The monoisotopic (exact) mass is 274 g/mol. The van der Waals surface area contributed by atoms with Crippen molar-refractivity contribution < 1.29 is 9.47 Å². The van der Waals surface area contributed by atoms with E-state index in [0.29, 0.717) is 6.04 Å². The van der Waals surface area contributed by atoms with Gasteiger partial charge >= 0.3 is 0 Å². The zero-order valence-electron chi connectivity index (χ0n) is 13.4. The minimum Gasteiger partial charge on any atom is -0.385 e. The largest absolute Gasteiger partial charge is 0.385 e. The summed E-state index contributed by atoms with van der Waals surface area (Å²) in [6, 6.07) is 0.582. The van der Waals surface area contributed by atoms with Gasteiger partial charge in [0.25, 0.3) is 0 Å². The molecule has 0 rings (SSSR count). The van der Waals surface area contributed by atoms with Crippen LogP contribution in [0.3, 0.4) is 0 Å². The first-order chi connectivity index (χ1) is 9.24. The van der Waals surface area contributed by atoms with Crippen LogP contribution in [-0.2, 0) is 9.47 Å². The van der Waals surface area contributed by atoms with Crippen LogP contribution >= 0.6 is 0 Å². The fourth-order valence-electron chi connectivity index (χ4n) is 2.05. The van der Waals surface area contributed by atoms with Gasteiger partial charge in [-0.15, -0.1) is 0 Å². The van der Waals surface area contributed by atoms with Crippen molar-refractivity contribution in [2.75, 3.05) is 53.1 Å². The van der Waals surface area contributed by atoms with E-state index in [9.17, 15) is 0 Å². The van der Waals surface area contributed by atoms with Crippen molar-refractivity contribution in [3.63, 3.8) is 0 Å². The molecule has 0 saturated carbocycles. The third-order valence-electron chi connectivity index (χ3n) is 3.38. The molecule has 0 bridgehead atoms. The van der Waals surface area contributed by atoms with Gasteiger partial charge in [-0.2, -0.15) is 0 Å². The minimum atomic E-state index is 0.582. The second-order valence-electron chi connectivity index (χ2n) is 4.98. The zero-order chi connectivity index (χ0) is 14.3. The molecule has 0 amide bonds.